The Bertz CT molecular complexity index is 850. The molecule has 0 saturated carbocycles. The highest BCUT2D eigenvalue weighted by Gasteiger charge is 2.19. The average Bonchev–Trinajstić information content (AvgIpc) is 2.60. The summed E-state index contributed by atoms with van der Waals surface area (Å²) in [5.74, 6) is 0.110. The highest BCUT2D eigenvalue weighted by Crippen LogP contribution is 2.49. The molecule has 0 aromatic heterocycles. The first-order valence-corrected chi connectivity index (χ1v) is 7.91. The number of anilines is 1. The van der Waals surface area contributed by atoms with Gasteiger partial charge < -0.3 is 20.3 Å². The van der Waals surface area contributed by atoms with Crippen molar-refractivity contribution in [2.75, 3.05) is 11.9 Å². The normalized spacial score (nSPS) is 10.6. The number of aromatic hydroxyl groups is 2. The Kier molecular flexibility index (Phi) is 4.39. The highest BCUT2D eigenvalue weighted by atomic mass is 32.2. The smallest absolute Gasteiger partial charge is 0.147 e. The average molecular weight is 325 g/mol. The molecule has 0 aliphatic heterocycles. The summed E-state index contributed by atoms with van der Waals surface area (Å²) >= 11 is 1.33. The Morgan fingerprint density at radius 2 is 1.52 bits per heavy atom. The van der Waals surface area contributed by atoms with E-state index in [1.54, 1.807) is 24.3 Å². The van der Waals surface area contributed by atoms with Crippen molar-refractivity contribution in [2.24, 2.45) is 0 Å². The molecule has 0 amide bonds. The number of nitrogens with one attached hydrogen (secondary N) is 1. The topological polar surface area (TPSA) is 69.6 Å². The quantitative estimate of drug-likeness (QED) is 0.376. The van der Waals surface area contributed by atoms with Crippen LogP contribution >= 0.6 is 11.8 Å². The number of benzene rings is 3. The summed E-state index contributed by atoms with van der Waals surface area (Å²) in [6.07, 6.45) is 0.711. The van der Waals surface area contributed by atoms with Crippen molar-refractivity contribution in [1.82, 2.24) is 0 Å². The SMILES string of the molecule is O=CCNc1c(Sc2ccccc2)c(O)c2ccccc2c1O. The number of carbonyl (C=O) groups excluding carboxylic acids is 1. The van der Waals surface area contributed by atoms with E-state index in [0.29, 0.717) is 27.6 Å². The molecule has 3 aromatic carbocycles. The van der Waals surface area contributed by atoms with Crippen LogP contribution < -0.4 is 5.32 Å². The third-order valence-electron chi connectivity index (χ3n) is 3.44. The van der Waals surface area contributed by atoms with Gasteiger partial charge in [-0.25, -0.2) is 0 Å². The molecule has 0 bridgehead atoms. The first-order chi connectivity index (χ1) is 11.2. The number of phenols is 2. The van der Waals surface area contributed by atoms with Crippen LogP contribution in [-0.2, 0) is 4.79 Å². The third-order valence-corrected chi connectivity index (χ3v) is 4.55. The molecule has 0 aliphatic rings. The number of rotatable bonds is 5. The van der Waals surface area contributed by atoms with Crippen LogP contribution in [0.25, 0.3) is 10.8 Å². The molecule has 5 heteroatoms. The molecule has 3 aromatic rings. The van der Waals surface area contributed by atoms with Crippen LogP contribution in [0.1, 0.15) is 0 Å². The summed E-state index contributed by atoms with van der Waals surface area (Å²) in [4.78, 5) is 12.1. The molecule has 3 N–H and O–H groups in total. The van der Waals surface area contributed by atoms with Gasteiger partial charge in [0.15, 0.2) is 0 Å². The second kappa shape index (κ2) is 6.62. The second-order valence-corrected chi connectivity index (χ2v) is 5.99. The summed E-state index contributed by atoms with van der Waals surface area (Å²) < 4.78 is 0. The zero-order valence-corrected chi connectivity index (χ0v) is 13.0. The minimum Gasteiger partial charge on any atom is -0.506 e. The van der Waals surface area contributed by atoms with Gasteiger partial charge in [-0.05, 0) is 12.1 Å². The van der Waals surface area contributed by atoms with E-state index in [4.69, 9.17) is 0 Å². The number of fused-ring (bicyclic) bond motifs is 1. The summed E-state index contributed by atoms with van der Waals surface area (Å²) in [6, 6.07) is 16.6. The van der Waals surface area contributed by atoms with E-state index in [1.807, 2.05) is 30.3 Å². The largest absolute Gasteiger partial charge is 0.506 e. The maximum atomic E-state index is 10.7. The fourth-order valence-corrected chi connectivity index (χ4v) is 3.40. The van der Waals surface area contributed by atoms with Crippen molar-refractivity contribution < 1.29 is 15.0 Å². The lowest BCUT2D eigenvalue weighted by Gasteiger charge is -2.16. The molecule has 0 heterocycles. The zero-order valence-electron chi connectivity index (χ0n) is 12.2. The lowest BCUT2D eigenvalue weighted by atomic mass is 10.1. The van der Waals surface area contributed by atoms with Crippen molar-refractivity contribution in [3.63, 3.8) is 0 Å². The Morgan fingerprint density at radius 1 is 0.913 bits per heavy atom. The van der Waals surface area contributed by atoms with Crippen LogP contribution in [-0.4, -0.2) is 23.0 Å². The Balaban J connectivity index is 2.20. The van der Waals surface area contributed by atoms with Gasteiger partial charge in [0, 0.05) is 15.7 Å². The van der Waals surface area contributed by atoms with Crippen molar-refractivity contribution in [3.05, 3.63) is 54.6 Å². The van der Waals surface area contributed by atoms with Gasteiger partial charge in [-0.15, -0.1) is 0 Å². The molecular weight excluding hydrogens is 310 g/mol. The van der Waals surface area contributed by atoms with Gasteiger partial charge in [0.05, 0.1) is 17.1 Å². The first-order valence-electron chi connectivity index (χ1n) is 7.09. The van der Waals surface area contributed by atoms with Crippen molar-refractivity contribution in [2.45, 2.75) is 9.79 Å². The third kappa shape index (κ3) is 2.96. The molecule has 0 aliphatic carbocycles. The Labute approximate surface area is 137 Å². The van der Waals surface area contributed by atoms with Crippen LogP contribution in [0, 0.1) is 0 Å². The van der Waals surface area contributed by atoms with Crippen LogP contribution in [0.2, 0.25) is 0 Å². The van der Waals surface area contributed by atoms with Gasteiger partial charge in [0.1, 0.15) is 17.8 Å². The Hall–Kier alpha value is -2.66. The van der Waals surface area contributed by atoms with Crippen LogP contribution in [0.4, 0.5) is 5.69 Å². The number of carbonyl (C=O) groups is 1. The maximum absolute atomic E-state index is 10.7. The van der Waals surface area contributed by atoms with Gasteiger partial charge in [0.2, 0.25) is 0 Å². The summed E-state index contributed by atoms with van der Waals surface area (Å²) in [5, 5.41) is 25.2. The van der Waals surface area contributed by atoms with E-state index >= 15 is 0 Å². The minimum absolute atomic E-state index is 0.0266. The molecule has 0 saturated heterocycles. The molecular formula is C18H15NO3S. The number of hydrogen-bond acceptors (Lipinski definition) is 5. The van der Waals surface area contributed by atoms with Gasteiger partial charge in [-0.2, -0.15) is 0 Å². The molecule has 0 unspecified atom stereocenters. The molecule has 0 radical (unpaired) electrons. The molecule has 23 heavy (non-hydrogen) atoms. The molecule has 0 spiro atoms. The molecule has 116 valence electrons. The molecule has 4 nitrogen and oxygen atoms in total. The van der Waals surface area contributed by atoms with Crippen LogP contribution in [0.5, 0.6) is 11.5 Å². The standard InChI is InChI=1S/C18H15NO3S/c20-11-10-19-15-16(21)13-8-4-5-9-14(13)17(22)18(15)23-12-6-2-1-3-7-12/h1-9,11,19,21-22H,10H2. The van der Waals surface area contributed by atoms with Gasteiger partial charge in [0.25, 0.3) is 0 Å². The van der Waals surface area contributed by atoms with Crippen LogP contribution in [0.15, 0.2) is 64.4 Å². The Morgan fingerprint density at radius 3 is 2.17 bits per heavy atom. The first kappa shape index (κ1) is 15.2. The number of hydrogen-bond donors (Lipinski definition) is 3. The maximum Gasteiger partial charge on any atom is 0.147 e. The van der Waals surface area contributed by atoms with Crippen LogP contribution in [0.3, 0.4) is 0 Å². The van der Waals surface area contributed by atoms with E-state index in [1.165, 1.54) is 11.8 Å². The number of phenolic OH excluding ortho intramolecular Hbond substituents is 2. The fraction of sp³-hybridized carbons (Fsp3) is 0.0556. The van der Waals surface area contributed by atoms with E-state index in [2.05, 4.69) is 5.32 Å². The van der Waals surface area contributed by atoms with E-state index < -0.39 is 0 Å². The summed E-state index contributed by atoms with van der Waals surface area (Å²) in [7, 11) is 0. The highest BCUT2D eigenvalue weighted by molar-refractivity contribution is 7.99. The lowest BCUT2D eigenvalue weighted by molar-refractivity contribution is -0.106. The van der Waals surface area contributed by atoms with Gasteiger partial charge in [-0.1, -0.05) is 54.2 Å². The van der Waals surface area contributed by atoms with Crippen molar-refractivity contribution in [1.29, 1.82) is 0 Å². The minimum atomic E-state index is 0.0266. The molecule has 3 rings (SSSR count). The summed E-state index contributed by atoms with van der Waals surface area (Å²) in [5.41, 5.74) is 0.363. The van der Waals surface area contributed by atoms with E-state index in [0.717, 1.165) is 4.90 Å². The monoisotopic (exact) mass is 325 g/mol. The molecule has 0 atom stereocenters. The van der Waals surface area contributed by atoms with Crippen molar-refractivity contribution in [3.8, 4) is 11.5 Å². The molecule has 0 fully saturated rings. The lowest BCUT2D eigenvalue weighted by Crippen LogP contribution is -2.04. The van der Waals surface area contributed by atoms with Gasteiger partial charge >= 0.3 is 0 Å². The fourth-order valence-electron chi connectivity index (χ4n) is 2.39. The predicted octanol–water partition coefficient (Wildman–Crippen LogP) is 4.01. The summed E-state index contributed by atoms with van der Waals surface area (Å²) in [6.45, 7) is 0.0493. The van der Waals surface area contributed by atoms with E-state index in [9.17, 15) is 15.0 Å². The predicted molar refractivity (Wildman–Crippen MR) is 92.4 cm³/mol. The van der Waals surface area contributed by atoms with Crippen molar-refractivity contribution >= 4 is 34.5 Å². The second-order valence-electron chi connectivity index (χ2n) is 4.91. The zero-order chi connectivity index (χ0) is 16.2. The van der Waals surface area contributed by atoms with Gasteiger partial charge in [-0.3, -0.25) is 0 Å². The van der Waals surface area contributed by atoms with E-state index in [-0.39, 0.29) is 18.0 Å². The number of aldehydes is 1.